The van der Waals surface area contributed by atoms with Gasteiger partial charge in [0.25, 0.3) is 5.56 Å². The van der Waals surface area contributed by atoms with Crippen LogP contribution in [-0.2, 0) is 11.8 Å². The van der Waals surface area contributed by atoms with E-state index in [2.05, 4.69) is 25.9 Å². The molecule has 3 nitrogen and oxygen atoms in total. The number of aromatic amines is 1. The van der Waals surface area contributed by atoms with E-state index < -0.39 is 0 Å². The van der Waals surface area contributed by atoms with Gasteiger partial charge in [0.2, 0.25) is 0 Å². The maximum atomic E-state index is 12.6. The Labute approximate surface area is 114 Å². The highest BCUT2D eigenvalue weighted by molar-refractivity contribution is 5.41. The Bertz CT molecular complexity index is 641. The molecule has 0 atom stereocenters. The number of para-hydroxylation sites is 1. The van der Waals surface area contributed by atoms with E-state index in [9.17, 15) is 4.79 Å². The van der Waals surface area contributed by atoms with Gasteiger partial charge in [-0.15, -0.1) is 0 Å². The van der Waals surface area contributed by atoms with Gasteiger partial charge in [0, 0.05) is 16.7 Å². The SMILES string of the molecule is CCc1c(C(C)(C)C)[nH]n(-c2ccccc2C)c1=O. The van der Waals surface area contributed by atoms with Crippen LogP contribution in [0.2, 0.25) is 0 Å². The molecule has 1 aromatic heterocycles. The Morgan fingerprint density at radius 1 is 1.21 bits per heavy atom. The van der Waals surface area contributed by atoms with Gasteiger partial charge in [-0.2, -0.15) is 0 Å². The normalized spacial score (nSPS) is 11.8. The van der Waals surface area contributed by atoms with Crippen LogP contribution in [-0.4, -0.2) is 9.78 Å². The van der Waals surface area contributed by atoms with Crippen LogP contribution in [0.15, 0.2) is 29.1 Å². The third kappa shape index (κ3) is 2.37. The highest BCUT2D eigenvalue weighted by Crippen LogP contribution is 2.23. The lowest BCUT2D eigenvalue weighted by Gasteiger charge is -2.18. The molecule has 2 rings (SSSR count). The van der Waals surface area contributed by atoms with Crippen molar-refractivity contribution in [2.24, 2.45) is 0 Å². The summed E-state index contributed by atoms with van der Waals surface area (Å²) in [5.74, 6) is 0. The molecule has 0 bridgehead atoms. The molecule has 0 aliphatic rings. The minimum absolute atomic E-state index is 0.0571. The summed E-state index contributed by atoms with van der Waals surface area (Å²) in [6.07, 6.45) is 0.751. The number of hydrogen-bond donors (Lipinski definition) is 1. The van der Waals surface area contributed by atoms with Crippen molar-refractivity contribution in [3.8, 4) is 5.69 Å². The van der Waals surface area contributed by atoms with E-state index in [1.165, 1.54) is 0 Å². The Morgan fingerprint density at radius 2 is 1.84 bits per heavy atom. The molecule has 0 unspecified atom stereocenters. The van der Waals surface area contributed by atoms with Crippen LogP contribution in [0.1, 0.15) is 44.5 Å². The summed E-state index contributed by atoms with van der Waals surface area (Å²) < 4.78 is 1.68. The summed E-state index contributed by atoms with van der Waals surface area (Å²) in [7, 11) is 0. The van der Waals surface area contributed by atoms with Crippen molar-refractivity contribution >= 4 is 0 Å². The zero-order chi connectivity index (χ0) is 14.2. The molecule has 0 fully saturated rings. The van der Waals surface area contributed by atoms with Gasteiger partial charge in [-0.25, -0.2) is 4.68 Å². The van der Waals surface area contributed by atoms with Crippen molar-refractivity contribution in [1.29, 1.82) is 0 Å². The van der Waals surface area contributed by atoms with E-state index >= 15 is 0 Å². The van der Waals surface area contributed by atoms with Crippen molar-refractivity contribution < 1.29 is 0 Å². The highest BCUT2D eigenvalue weighted by atomic mass is 16.1. The Morgan fingerprint density at radius 3 is 2.32 bits per heavy atom. The molecule has 1 N–H and O–H groups in total. The van der Waals surface area contributed by atoms with Crippen LogP contribution in [0.25, 0.3) is 5.69 Å². The summed E-state index contributed by atoms with van der Waals surface area (Å²) in [6.45, 7) is 10.4. The van der Waals surface area contributed by atoms with Crippen LogP contribution in [0.3, 0.4) is 0 Å². The van der Waals surface area contributed by atoms with Gasteiger partial charge < -0.3 is 0 Å². The topological polar surface area (TPSA) is 37.8 Å². The summed E-state index contributed by atoms with van der Waals surface area (Å²) in [6, 6.07) is 7.93. The van der Waals surface area contributed by atoms with Crippen LogP contribution in [0.5, 0.6) is 0 Å². The van der Waals surface area contributed by atoms with E-state index in [4.69, 9.17) is 0 Å². The highest BCUT2D eigenvalue weighted by Gasteiger charge is 2.24. The van der Waals surface area contributed by atoms with Crippen molar-refractivity contribution in [2.45, 2.75) is 46.5 Å². The van der Waals surface area contributed by atoms with E-state index in [-0.39, 0.29) is 11.0 Å². The average Bonchev–Trinajstić information content (AvgIpc) is 2.67. The molecule has 1 heterocycles. The second kappa shape index (κ2) is 4.72. The van der Waals surface area contributed by atoms with Gasteiger partial charge in [-0.3, -0.25) is 9.89 Å². The van der Waals surface area contributed by atoms with Gasteiger partial charge in [0.15, 0.2) is 0 Å². The minimum Gasteiger partial charge on any atom is -0.294 e. The number of hydrogen-bond acceptors (Lipinski definition) is 1. The first-order chi connectivity index (χ1) is 8.86. The third-order valence-corrected chi connectivity index (χ3v) is 3.45. The number of aromatic nitrogens is 2. The smallest absolute Gasteiger partial charge is 0.274 e. The predicted molar refractivity (Wildman–Crippen MR) is 79.2 cm³/mol. The van der Waals surface area contributed by atoms with Gasteiger partial charge >= 0.3 is 0 Å². The second-order valence-corrected chi connectivity index (χ2v) is 6.00. The number of aryl methyl sites for hydroxylation is 1. The van der Waals surface area contributed by atoms with Crippen molar-refractivity contribution in [1.82, 2.24) is 9.78 Å². The maximum Gasteiger partial charge on any atom is 0.274 e. The number of rotatable bonds is 2. The third-order valence-electron chi connectivity index (χ3n) is 3.45. The molecular formula is C16H22N2O. The standard InChI is InChI=1S/C16H22N2O/c1-6-12-14(16(3,4)5)17-18(15(12)19)13-10-8-7-9-11(13)2/h7-10,17H,6H2,1-5H3. The van der Waals surface area contributed by atoms with Gasteiger partial charge in [-0.1, -0.05) is 45.9 Å². The Kier molecular flexibility index (Phi) is 3.40. The summed E-state index contributed by atoms with van der Waals surface area (Å²) in [4.78, 5) is 12.6. The summed E-state index contributed by atoms with van der Waals surface area (Å²) >= 11 is 0. The fourth-order valence-electron chi connectivity index (χ4n) is 2.40. The number of nitrogens with zero attached hydrogens (tertiary/aromatic N) is 1. The van der Waals surface area contributed by atoms with E-state index in [0.29, 0.717) is 0 Å². The lowest BCUT2D eigenvalue weighted by atomic mass is 9.89. The molecule has 0 saturated carbocycles. The van der Waals surface area contributed by atoms with E-state index in [0.717, 1.165) is 28.9 Å². The zero-order valence-electron chi connectivity index (χ0n) is 12.4. The summed E-state index contributed by atoms with van der Waals surface area (Å²) in [5.41, 5.74) is 3.95. The fraction of sp³-hybridized carbons (Fsp3) is 0.438. The van der Waals surface area contributed by atoms with Crippen molar-refractivity contribution in [2.75, 3.05) is 0 Å². The molecule has 102 valence electrons. The molecule has 0 spiro atoms. The number of nitrogens with one attached hydrogen (secondary N) is 1. The molecule has 2 aromatic rings. The molecule has 3 heteroatoms. The predicted octanol–water partition coefficient (Wildman–Crippen LogP) is 3.33. The first-order valence-corrected chi connectivity index (χ1v) is 6.76. The first kappa shape index (κ1) is 13.7. The van der Waals surface area contributed by atoms with Crippen LogP contribution in [0.4, 0.5) is 0 Å². The molecule has 0 aliphatic carbocycles. The first-order valence-electron chi connectivity index (χ1n) is 6.76. The molecule has 0 amide bonds. The molecule has 19 heavy (non-hydrogen) atoms. The molecular weight excluding hydrogens is 236 g/mol. The Balaban J connectivity index is 2.71. The zero-order valence-corrected chi connectivity index (χ0v) is 12.4. The second-order valence-electron chi connectivity index (χ2n) is 6.00. The van der Waals surface area contributed by atoms with Crippen LogP contribution in [0, 0.1) is 6.92 Å². The maximum absolute atomic E-state index is 12.6. The van der Waals surface area contributed by atoms with Gasteiger partial charge in [-0.05, 0) is 25.0 Å². The monoisotopic (exact) mass is 258 g/mol. The largest absolute Gasteiger partial charge is 0.294 e. The molecule has 1 aromatic carbocycles. The number of H-pyrrole nitrogens is 1. The van der Waals surface area contributed by atoms with Crippen LogP contribution >= 0.6 is 0 Å². The molecule has 0 aliphatic heterocycles. The molecule has 0 radical (unpaired) electrons. The van der Waals surface area contributed by atoms with Gasteiger partial charge in [0.1, 0.15) is 0 Å². The van der Waals surface area contributed by atoms with Gasteiger partial charge in [0.05, 0.1) is 5.69 Å². The number of benzene rings is 1. The molecule has 0 saturated heterocycles. The quantitative estimate of drug-likeness (QED) is 0.881. The average molecular weight is 258 g/mol. The fourth-order valence-corrected chi connectivity index (χ4v) is 2.40. The van der Waals surface area contributed by atoms with Crippen LogP contribution < -0.4 is 5.56 Å². The summed E-state index contributed by atoms with van der Waals surface area (Å²) in [5, 5.41) is 3.30. The van der Waals surface area contributed by atoms with Crippen molar-refractivity contribution in [3.05, 3.63) is 51.4 Å². The lowest BCUT2D eigenvalue weighted by Crippen LogP contribution is -2.18. The lowest BCUT2D eigenvalue weighted by molar-refractivity contribution is 0.555. The van der Waals surface area contributed by atoms with Crippen molar-refractivity contribution in [3.63, 3.8) is 0 Å². The van der Waals surface area contributed by atoms with E-state index in [1.54, 1.807) is 4.68 Å². The minimum atomic E-state index is -0.0571. The Hall–Kier alpha value is -1.77. The van der Waals surface area contributed by atoms with E-state index in [1.807, 2.05) is 38.1 Å².